The van der Waals surface area contributed by atoms with E-state index >= 15 is 0 Å². The van der Waals surface area contributed by atoms with Gasteiger partial charge in [-0.3, -0.25) is 4.79 Å². The molecule has 3 heteroatoms. The molecule has 3 nitrogen and oxygen atoms in total. The van der Waals surface area contributed by atoms with Gasteiger partial charge in [0.15, 0.2) is 6.29 Å². The highest BCUT2D eigenvalue weighted by atomic mass is 16.6. The number of esters is 1. The van der Waals surface area contributed by atoms with E-state index in [0.717, 1.165) is 19.3 Å². The van der Waals surface area contributed by atoms with Gasteiger partial charge < -0.3 is 9.84 Å². The molecule has 0 rings (SSSR count). The maximum absolute atomic E-state index is 11.1. The van der Waals surface area contributed by atoms with Gasteiger partial charge in [0.2, 0.25) is 0 Å². The molecule has 0 aliphatic heterocycles. The van der Waals surface area contributed by atoms with Crippen molar-refractivity contribution in [1.29, 1.82) is 0 Å². The Kier molecular flexibility index (Phi) is 7.48. The minimum absolute atomic E-state index is 0.289. The highest BCUT2D eigenvalue weighted by Gasteiger charge is 2.08. The summed E-state index contributed by atoms with van der Waals surface area (Å²) in [5.41, 5.74) is 0. The highest BCUT2D eigenvalue weighted by molar-refractivity contribution is 5.69. The van der Waals surface area contributed by atoms with Crippen molar-refractivity contribution in [2.24, 2.45) is 5.92 Å². The van der Waals surface area contributed by atoms with E-state index in [9.17, 15) is 4.79 Å². The van der Waals surface area contributed by atoms with Crippen LogP contribution in [0.2, 0.25) is 0 Å². The molecule has 1 atom stereocenters. The first kappa shape index (κ1) is 13.4. The van der Waals surface area contributed by atoms with E-state index in [1.165, 1.54) is 0 Å². The van der Waals surface area contributed by atoms with Crippen molar-refractivity contribution in [3.05, 3.63) is 0 Å². The molecular weight excluding hydrogens is 180 g/mol. The van der Waals surface area contributed by atoms with Gasteiger partial charge in [0.25, 0.3) is 0 Å². The predicted molar refractivity (Wildman–Crippen MR) is 55.7 cm³/mol. The molecule has 0 amide bonds. The molecule has 1 unspecified atom stereocenters. The molecular formula is C11H22O3. The average Bonchev–Trinajstić information content (AvgIpc) is 2.12. The van der Waals surface area contributed by atoms with Crippen LogP contribution in [0.4, 0.5) is 0 Å². The van der Waals surface area contributed by atoms with Gasteiger partial charge in [-0.2, -0.15) is 0 Å². The number of hydrogen-bond acceptors (Lipinski definition) is 3. The van der Waals surface area contributed by atoms with Crippen LogP contribution in [-0.2, 0) is 9.53 Å². The molecule has 0 bridgehead atoms. The molecule has 0 saturated carbocycles. The molecule has 0 fully saturated rings. The molecule has 84 valence electrons. The normalized spacial score (nSPS) is 12.9. The minimum Gasteiger partial charge on any atom is -0.436 e. The summed E-state index contributed by atoms with van der Waals surface area (Å²) in [6.07, 6.45) is 3.00. The van der Waals surface area contributed by atoms with Crippen LogP contribution < -0.4 is 0 Å². The second kappa shape index (κ2) is 7.80. The maximum atomic E-state index is 11.1. The van der Waals surface area contributed by atoms with Crippen LogP contribution in [0.5, 0.6) is 0 Å². The van der Waals surface area contributed by atoms with E-state index in [2.05, 4.69) is 13.8 Å². The van der Waals surface area contributed by atoms with Crippen LogP contribution in [0.25, 0.3) is 0 Å². The molecule has 0 aromatic carbocycles. The van der Waals surface area contributed by atoms with E-state index in [1.54, 1.807) is 6.92 Å². The van der Waals surface area contributed by atoms with Crippen LogP contribution in [0.3, 0.4) is 0 Å². The Labute approximate surface area is 86.5 Å². The minimum atomic E-state index is -0.924. The fourth-order valence-corrected chi connectivity index (χ4v) is 1.12. The van der Waals surface area contributed by atoms with Crippen molar-refractivity contribution in [2.45, 2.75) is 59.2 Å². The van der Waals surface area contributed by atoms with Crippen molar-refractivity contribution < 1.29 is 14.6 Å². The van der Waals surface area contributed by atoms with Crippen molar-refractivity contribution in [3.63, 3.8) is 0 Å². The fourth-order valence-electron chi connectivity index (χ4n) is 1.12. The first-order valence-electron chi connectivity index (χ1n) is 5.43. The number of aliphatic hydroxyl groups is 1. The third kappa shape index (κ3) is 8.05. The summed E-state index contributed by atoms with van der Waals surface area (Å²) >= 11 is 0. The van der Waals surface area contributed by atoms with Crippen LogP contribution >= 0.6 is 0 Å². The fraction of sp³-hybridized carbons (Fsp3) is 0.909. The van der Waals surface area contributed by atoms with Crippen LogP contribution in [0.1, 0.15) is 52.9 Å². The second-order valence-corrected chi connectivity index (χ2v) is 3.99. The Hall–Kier alpha value is -0.570. The number of rotatable bonds is 7. The Balaban J connectivity index is 3.36. The van der Waals surface area contributed by atoms with Gasteiger partial charge in [0, 0.05) is 12.8 Å². The third-order valence-electron chi connectivity index (χ3n) is 2.03. The largest absolute Gasteiger partial charge is 0.436 e. The van der Waals surface area contributed by atoms with Gasteiger partial charge in [-0.05, 0) is 12.3 Å². The van der Waals surface area contributed by atoms with Crippen LogP contribution in [-0.4, -0.2) is 17.4 Å². The predicted octanol–water partition coefficient (Wildman–Crippen LogP) is 2.47. The van der Waals surface area contributed by atoms with Gasteiger partial charge in [-0.15, -0.1) is 0 Å². The SMILES string of the molecule is CCC(O)OC(=O)CCCCC(C)C. The quantitative estimate of drug-likeness (QED) is 0.392. The van der Waals surface area contributed by atoms with E-state index < -0.39 is 6.29 Å². The molecule has 14 heavy (non-hydrogen) atoms. The summed E-state index contributed by atoms with van der Waals surface area (Å²) in [7, 11) is 0. The third-order valence-corrected chi connectivity index (χ3v) is 2.03. The second-order valence-electron chi connectivity index (χ2n) is 3.99. The summed E-state index contributed by atoms with van der Waals surface area (Å²) in [4.78, 5) is 11.1. The van der Waals surface area contributed by atoms with E-state index in [-0.39, 0.29) is 5.97 Å². The molecule has 0 saturated heterocycles. The zero-order valence-corrected chi connectivity index (χ0v) is 9.45. The lowest BCUT2D eigenvalue weighted by Crippen LogP contribution is -2.16. The number of aliphatic hydroxyl groups excluding tert-OH is 1. The zero-order chi connectivity index (χ0) is 11.0. The first-order chi connectivity index (χ1) is 6.56. The molecule has 0 aromatic rings. The number of ether oxygens (including phenoxy) is 1. The van der Waals surface area contributed by atoms with Crippen LogP contribution in [0.15, 0.2) is 0 Å². The molecule has 0 aliphatic rings. The van der Waals surface area contributed by atoms with Gasteiger partial charge in [0.1, 0.15) is 0 Å². The lowest BCUT2D eigenvalue weighted by molar-refractivity contribution is -0.168. The van der Waals surface area contributed by atoms with E-state index in [4.69, 9.17) is 9.84 Å². The van der Waals surface area contributed by atoms with Crippen LogP contribution in [0, 0.1) is 5.92 Å². The highest BCUT2D eigenvalue weighted by Crippen LogP contribution is 2.09. The van der Waals surface area contributed by atoms with Crippen molar-refractivity contribution in [3.8, 4) is 0 Å². The van der Waals surface area contributed by atoms with E-state index in [0.29, 0.717) is 18.8 Å². The van der Waals surface area contributed by atoms with Crippen molar-refractivity contribution in [2.75, 3.05) is 0 Å². The zero-order valence-electron chi connectivity index (χ0n) is 9.45. The average molecular weight is 202 g/mol. The Morgan fingerprint density at radius 1 is 1.36 bits per heavy atom. The van der Waals surface area contributed by atoms with Gasteiger partial charge in [0.05, 0.1) is 0 Å². The standard InChI is InChI=1S/C11H22O3/c1-4-10(12)14-11(13)8-6-5-7-9(2)3/h9-10,12H,4-8H2,1-3H3. The number of hydrogen-bond donors (Lipinski definition) is 1. The van der Waals surface area contributed by atoms with Gasteiger partial charge in [-0.1, -0.05) is 33.6 Å². The smallest absolute Gasteiger partial charge is 0.308 e. The Bertz CT molecular complexity index is 155. The van der Waals surface area contributed by atoms with Crippen molar-refractivity contribution in [1.82, 2.24) is 0 Å². The Morgan fingerprint density at radius 3 is 2.50 bits per heavy atom. The van der Waals surface area contributed by atoms with E-state index in [1.807, 2.05) is 0 Å². The monoisotopic (exact) mass is 202 g/mol. The molecule has 0 spiro atoms. The lowest BCUT2D eigenvalue weighted by Gasteiger charge is -2.09. The van der Waals surface area contributed by atoms with Gasteiger partial charge in [-0.25, -0.2) is 0 Å². The molecule has 0 aliphatic carbocycles. The van der Waals surface area contributed by atoms with Crippen molar-refractivity contribution >= 4 is 5.97 Å². The summed E-state index contributed by atoms with van der Waals surface area (Å²) in [6.45, 7) is 6.11. The summed E-state index contributed by atoms with van der Waals surface area (Å²) in [6, 6.07) is 0. The summed E-state index contributed by atoms with van der Waals surface area (Å²) in [5, 5.41) is 9.03. The maximum Gasteiger partial charge on any atom is 0.308 e. The lowest BCUT2D eigenvalue weighted by atomic mass is 10.1. The molecule has 0 heterocycles. The molecule has 0 radical (unpaired) electrons. The first-order valence-corrected chi connectivity index (χ1v) is 5.43. The number of carbonyl (C=O) groups excluding carboxylic acids is 1. The Morgan fingerprint density at radius 2 is 2.00 bits per heavy atom. The number of unbranched alkanes of at least 4 members (excludes halogenated alkanes) is 1. The summed E-state index contributed by atoms with van der Waals surface area (Å²) in [5.74, 6) is 0.398. The molecule has 0 aromatic heterocycles. The topological polar surface area (TPSA) is 46.5 Å². The van der Waals surface area contributed by atoms with Gasteiger partial charge >= 0.3 is 5.97 Å². The number of carbonyl (C=O) groups is 1. The molecule has 1 N–H and O–H groups in total. The summed E-state index contributed by atoms with van der Waals surface area (Å²) < 4.78 is 4.72.